The van der Waals surface area contributed by atoms with Crippen molar-refractivity contribution >= 4 is 5.69 Å². The number of aromatic hydroxyl groups is 1. The molecule has 86 valence electrons. The first-order valence-electron chi connectivity index (χ1n) is 5.00. The number of phenols is 1. The first-order chi connectivity index (χ1) is 7.59. The maximum absolute atomic E-state index is 13.3. The molecule has 2 rings (SSSR count). The van der Waals surface area contributed by atoms with Crippen LogP contribution in [0.1, 0.15) is 24.4 Å². The van der Waals surface area contributed by atoms with E-state index < -0.39 is 16.5 Å². The molecule has 1 aliphatic rings. The van der Waals surface area contributed by atoms with E-state index in [1.54, 1.807) is 0 Å². The highest BCUT2D eigenvalue weighted by Gasteiger charge is 2.24. The van der Waals surface area contributed by atoms with E-state index in [9.17, 15) is 19.6 Å². The molecule has 0 saturated carbocycles. The fraction of sp³-hybridized carbons (Fsp3) is 0.400. The molecular weight excluding hydrogens is 215 g/mol. The Hall–Kier alpha value is -1.69. The van der Waals surface area contributed by atoms with E-state index in [1.807, 2.05) is 0 Å². The first-order valence-corrected chi connectivity index (χ1v) is 5.00. The number of rotatable bonds is 2. The number of nitrogens with zero attached hydrogens (tertiary/aromatic N) is 1. The third kappa shape index (κ3) is 1.83. The summed E-state index contributed by atoms with van der Waals surface area (Å²) in [5.41, 5.74) is -0.0665. The molecule has 1 aromatic rings. The first kappa shape index (κ1) is 10.8. The van der Waals surface area contributed by atoms with Crippen LogP contribution in [0.5, 0.6) is 5.75 Å². The van der Waals surface area contributed by atoms with E-state index in [1.165, 1.54) is 6.07 Å². The number of hydrogen-bond acceptors (Lipinski definition) is 4. The highest BCUT2D eigenvalue weighted by molar-refractivity contribution is 5.46. The summed E-state index contributed by atoms with van der Waals surface area (Å²) in [6.07, 6.45) is 1.66. The van der Waals surface area contributed by atoms with Crippen molar-refractivity contribution in [2.75, 3.05) is 6.54 Å². The van der Waals surface area contributed by atoms with Crippen molar-refractivity contribution in [1.82, 2.24) is 5.32 Å². The maximum Gasteiger partial charge on any atom is 0.272 e. The fourth-order valence-electron chi connectivity index (χ4n) is 1.93. The SMILES string of the molecule is O=[N+]([O-])c1cc(F)c(O)c([C@H]2CCCN2)c1. The van der Waals surface area contributed by atoms with Gasteiger partial charge in [0.15, 0.2) is 11.6 Å². The Morgan fingerprint density at radius 3 is 2.88 bits per heavy atom. The number of benzene rings is 1. The van der Waals surface area contributed by atoms with Gasteiger partial charge in [0.25, 0.3) is 5.69 Å². The molecule has 1 aromatic carbocycles. The molecule has 1 aliphatic heterocycles. The highest BCUT2D eigenvalue weighted by Crippen LogP contribution is 2.34. The summed E-state index contributed by atoms with van der Waals surface area (Å²) in [5.74, 6) is -1.44. The second-order valence-corrected chi connectivity index (χ2v) is 3.77. The number of phenolic OH excluding ortho intramolecular Hbond substituents is 1. The second-order valence-electron chi connectivity index (χ2n) is 3.77. The molecule has 1 fully saturated rings. The molecule has 0 bridgehead atoms. The number of nitrogens with one attached hydrogen (secondary N) is 1. The predicted molar refractivity (Wildman–Crippen MR) is 54.7 cm³/mol. The van der Waals surface area contributed by atoms with Gasteiger partial charge in [0.2, 0.25) is 0 Å². The van der Waals surface area contributed by atoms with Gasteiger partial charge in [-0.3, -0.25) is 10.1 Å². The normalized spacial score (nSPS) is 19.9. The number of halogens is 1. The Balaban J connectivity index is 2.45. The fourth-order valence-corrected chi connectivity index (χ4v) is 1.93. The number of hydrogen-bond donors (Lipinski definition) is 2. The minimum Gasteiger partial charge on any atom is -0.505 e. The van der Waals surface area contributed by atoms with Crippen LogP contribution in [0.2, 0.25) is 0 Å². The number of nitro benzene ring substituents is 1. The van der Waals surface area contributed by atoms with Crippen LogP contribution in [-0.2, 0) is 0 Å². The number of nitro groups is 1. The van der Waals surface area contributed by atoms with Gasteiger partial charge in [-0.2, -0.15) is 0 Å². The molecule has 1 saturated heterocycles. The zero-order valence-electron chi connectivity index (χ0n) is 8.44. The van der Waals surface area contributed by atoms with Crippen molar-refractivity contribution in [1.29, 1.82) is 0 Å². The summed E-state index contributed by atoms with van der Waals surface area (Å²) in [4.78, 5) is 9.90. The molecule has 0 amide bonds. The van der Waals surface area contributed by atoms with E-state index in [4.69, 9.17) is 0 Å². The lowest BCUT2D eigenvalue weighted by Crippen LogP contribution is -2.13. The minimum absolute atomic E-state index is 0.200. The topological polar surface area (TPSA) is 75.4 Å². The predicted octanol–water partition coefficient (Wildman–Crippen LogP) is 1.86. The van der Waals surface area contributed by atoms with Gasteiger partial charge in [0.05, 0.1) is 11.0 Å². The van der Waals surface area contributed by atoms with Gasteiger partial charge in [-0.05, 0) is 19.4 Å². The largest absolute Gasteiger partial charge is 0.505 e. The molecule has 0 radical (unpaired) electrons. The van der Waals surface area contributed by atoms with Crippen molar-refractivity contribution in [3.8, 4) is 5.75 Å². The van der Waals surface area contributed by atoms with Gasteiger partial charge in [0, 0.05) is 17.7 Å². The van der Waals surface area contributed by atoms with Crippen LogP contribution in [0.25, 0.3) is 0 Å². The Bertz CT molecular complexity index is 430. The molecule has 1 heterocycles. The smallest absolute Gasteiger partial charge is 0.272 e. The summed E-state index contributed by atoms with van der Waals surface area (Å²) in [6, 6.07) is 1.75. The van der Waals surface area contributed by atoms with Crippen LogP contribution in [0.3, 0.4) is 0 Å². The standard InChI is InChI=1S/C10H11FN2O3/c11-8-5-6(13(15)16)4-7(10(8)14)9-2-1-3-12-9/h4-5,9,12,14H,1-3H2/t9-/m1/s1. The van der Waals surface area contributed by atoms with Crippen LogP contribution < -0.4 is 5.32 Å². The van der Waals surface area contributed by atoms with Crippen LogP contribution in [0.15, 0.2) is 12.1 Å². The van der Waals surface area contributed by atoms with Gasteiger partial charge in [-0.25, -0.2) is 4.39 Å². The Kier molecular flexibility index (Phi) is 2.74. The third-order valence-electron chi connectivity index (χ3n) is 2.72. The van der Waals surface area contributed by atoms with Gasteiger partial charge >= 0.3 is 0 Å². The van der Waals surface area contributed by atoms with Crippen molar-refractivity contribution in [2.45, 2.75) is 18.9 Å². The van der Waals surface area contributed by atoms with E-state index in [-0.39, 0.29) is 17.3 Å². The van der Waals surface area contributed by atoms with Crippen molar-refractivity contribution in [3.05, 3.63) is 33.6 Å². The minimum atomic E-state index is -0.946. The van der Waals surface area contributed by atoms with Gasteiger partial charge in [0.1, 0.15) is 0 Å². The van der Waals surface area contributed by atoms with Crippen molar-refractivity contribution in [2.24, 2.45) is 0 Å². The molecule has 16 heavy (non-hydrogen) atoms. The summed E-state index contributed by atoms with van der Waals surface area (Å²) >= 11 is 0. The third-order valence-corrected chi connectivity index (χ3v) is 2.72. The Morgan fingerprint density at radius 2 is 2.31 bits per heavy atom. The highest BCUT2D eigenvalue weighted by atomic mass is 19.1. The lowest BCUT2D eigenvalue weighted by Gasteiger charge is -2.12. The van der Waals surface area contributed by atoms with Gasteiger partial charge < -0.3 is 10.4 Å². The summed E-state index contributed by atoms with van der Waals surface area (Å²) < 4.78 is 13.3. The lowest BCUT2D eigenvalue weighted by atomic mass is 10.0. The van der Waals surface area contributed by atoms with Crippen molar-refractivity contribution < 1.29 is 14.4 Å². The molecule has 0 unspecified atom stereocenters. The monoisotopic (exact) mass is 226 g/mol. The molecule has 6 heteroatoms. The molecule has 2 N–H and O–H groups in total. The van der Waals surface area contributed by atoms with Crippen LogP contribution in [0.4, 0.5) is 10.1 Å². The zero-order chi connectivity index (χ0) is 11.7. The van der Waals surface area contributed by atoms with Crippen molar-refractivity contribution in [3.63, 3.8) is 0 Å². The Labute approximate surface area is 91.0 Å². The average Bonchev–Trinajstić information content (AvgIpc) is 2.74. The summed E-state index contributed by atoms with van der Waals surface area (Å²) in [6.45, 7) is 0.772. The molecule has 5 nitrogen and oxygen atoms in total. The van der Waals surface area contributed by atoms with Crippen LogP contribution in [-0.4, -0.2) is 16.6 Å². The van der Waals surface area contributed by atoms with Crippen LogP contribution in [0, 0.1) is 15.9 Å². The molecular formula is C10H11FN2O3. The van der Waals surface area contributed by atoms with E-state index in [0.717, 1.165) is 25.5 Å². The molecule has 0 aliphatic carbocycles. The molecule has 1 atom stereocenters. The number of non-ortho nitro benzene ring substituents is 1. The Morgan fingerprint density at radius 1 is 1.56 bits per heavy atom. The van der Waals surface area contributed by atoms with E-state index in [0.29, 0.717) is 0 Å². The second kappa shape index (κ2) is 4.05. The summed E-state index contributed by atoms with van der Waals surface area (Å²) in [7, 11) is 0. The van der Waals surface area contributed by atoms with Crippen LogP contribution >= 0.6 is 0 Å². The maximum atomic E-state index is 13.3. The summed E-state index contributed by atoms with van der Waals surface area (Å²) in [5, 5.41) is 23.2. The average molecular weight is 226 g/mol. The lowest BCUT2D eigenvalue weighted by molar-refractivity contribution is -0.385. The molecule has 0 spiro atoms. The van der Waals surface area contributed by atoms with Gasteiger partial charge in [-0.1, -0.05) is 0 Å². The van der Waals surface area contributed by atoms with E-state index >= 15 is 0 Å². The van der Waals surface area contributed by atoms with Gasteiger partial charge in [-0.15, -0.1) is 0 Å². The quantitative estimate of drug-likeness (QED) is 0.596. The zero-order valence-corrected chi connectivity index (χ0v) is 8.44. The van der Waals surface area contributed by atoms with E-state index in [2.05, 4.69) is 5.32 Å². The molecule has 0 aromatic heterocycles.